The van der Waals surface area contributed by atoms with Crippen molar-refractivity contribution in [1.29, 1.82) is 0 Å². The third kappa shape index (κ3) is 4.69. The van der Waals surface area contributed by atoms with Gasteiger partial charge in [0, 0.05) is 36.1 Å². The molecule has 1 atom stereocenters. The number of nitrogens with zero attached hydrogens (tertiary/aromatic N) is 5. The van der Waals surface area contributed by atoms with E-state index < -0.39 is 17.6 Å². The highest BCUT2D eigenvalue weighted by molar-refractivity contribution is 5.73. The van der Waals surface area contributed by atoms with E-state index in [1.807, 2.05) is 28.9 Å². The zero-order valence-electron chi connectivity index (χ0n) is 19.7. The maximum absolute atomic E-state index is 14.0. The highest BCUT2D eigenvalue weighted by atomic mass is 19.3. The second-order valence-electron chi connectivity index (χ2n) is 9.36. The van der Waals surface area contributed by atoms with Gasteiger partial charge in [0.15, 0.2) is 0 Å². The van der Waals surface area contributed by atoms with Crippen LogP contribution in [0.5, 0.6) is 5.75 Å². The fourth-order valence-electron chi connectivity index (χ4n) is 4.21. The molecule has 5 rings (SSSR count). The third-order valence-electron chi connectivity index (χ3n) is 5.88. The third-order valence-corrected chi connectivity index (χ3v) is 5.88. The van der Waals surface area contributed by atoms with Crippen LogP contribution >= 0.6 is 0 Å². The van der Waals surface area contributed by atoms with Crippen molar-refractivity contribution in [3.63, 3.8) is 0 Å². The molecule has 9 nitrogen and oxygen atoms in total. The molecule has 0 saturated carbocycles. The van der Waals surface area contributed by atoms with Crippen LogP contribution in [0.2, 0.25) is 0 Å². The smallest absolute Gasteiger partial charge is 0.281 e. The molecule has 1 aliphatic heterocycles. The van der Waals surface area contributed by atoms with Gasteiger partial charge in [-0.15, -0.1) is 0 Å². The summed E-state index contributed by atoms with van der Waals surface area (Å²) in [5.41, 5.74) is 2.63. The summed E-state index contributed by atoms with van der Waals surface area (Å²) in [4.78, 5) is 9.06. The van der Waals surface area contributed by atoms with Gasteiger partial charge < -0.3 is 20.5 Å². The summed E-state index contributed by atoms with van der Waals surface area (Å²) >= 11 is 0. The number of hydrogen-bond donors (Lipinski definition) is 3. The molecule has 0 radical (unpaired) electrons. The van der Waals surface area contributed by atoms with E-state index in [-0.39, 0.29) is 13.1 Å². The van der Waals surface area contributed by atoms with Crippen molar-refractivity contribution in [3.05, 3.63) is 49.1 Å². The normalized spacial score (nSPS) is 17.7. The van der Waals surface area contributed by atoms with E-state index in [0.29, 0.717) is 35.1 Å². The molecule has 0 spiro atoms. The molecule has 184 valence electrons. The maximum atomic E-state index is 14.0. The summed E-state index contributed by atoms with van der Waals surface area (Å²) in [6, 6.07) is 6.05. The molecule has 0 aromatic carbocycles. The first-order chi connectivity index (χ1) is 16.6. The topological polar surface area (TPSA) is 102 Å². The van der Waals surface area contributed by atoms with Crippen LogP contribution in [0.4, 0.5) is 14.6 Å². The predicted octanol–water partition coefficient (Wildman–Crippen LogP) is 3.06. The van der Waals surface area contributed by atoms with Crippen LogP contribution in [0.1, 0.15) is 13.8 Å². The van der Waals surface area contributed by atoms with Gasteiger partial charge in [0.25, 0.3) is 5.92 Å². The molecule has 1 aliphatic rings. The number of methoxy groups -OCH3 is 1. The number of ether oxygens (including phenoxy) is 1. The molecule has 0 amide bonds. The minimum atomic E-state index is -2.85. The Morgan fingerprint density at radius 1 is 1.29 bits per heavy atom. The lowest BCUT2D eigenvalue weighted by molar-refractivity contribution is 0.0138. The van der Waals surface area contributed by atoms with Gasteiger partial charge in [-0.3, -0.25) is 9.08 Å². The molecule has 4 aromatic heterocycles. The molecule has 4 aromatic rings. The predicted molar refractivity (Wildman–Crippen MR) is 128 cm³/mol. The Hall–Kier alpha value is -3.57. The first kappa shape index (κ1) is 23.2. The number of alkyl halides is 2. The molecular weight excluding hydrogens is 456 g/mol. The van der Waals surface area contributed by atoms with Crippen molar-refractivity contribution in [2.45, 2.75) is 38.0 Å². The minimum Gasteiger partial charge on any atom is -0.496 e. The van der Waals surface area contributed by atoms with Gasteiger partial charge in [0.1, 0.15) is 23.3 Å². The SMILES string of the molecule is COc1cc2ncc(-c3cccc(NC4CNCC4(F)F)n3)n2cc1-c1cnn(CC(C)(C)O)c1. The minimum absolute atomic E-state index is 0.165. The van der Waals surface area contributed by atoms with E-state index in [1.54, 1.807) is 50.2 Å². The van der Waals surface area contributed by atoms with E-state index >= 15 is 0 Å². The standard InChI is InChI=1S/C24H27F2N7O2/c1-23(2,34)14-32-11-15(8-29-32)16-12-33-18(9-28-22(33)7-19(16)35-3)17-5-4-6-21(30-17)31-20-10-27-13-24(20,25)26/h4-9,11-12,20,27,34H,10,13-14H2,1-3H3,(H,30,31). The Morgan fingerprint density at radius 2 is 2.11 bits per heavy atom. The quantitative estimate of drug-likeness (QED) is 0.371. The van der Waals surface area contributed by atoms with Crippen LogP contribution in [0.25, 0.3) is 28.2 Å². The average molecular weight is 484 g/mol. The molecule has 3 N–H and O–H groups in total. The van der Waals surface area contributed by atoms with Crippen molar-refractivity contribution in [2.75, 3.05) is 25.5 Å². The maximum Gasteiger partial charge on any atom is 0.281 e. The number of anilines is 1. The lowest BCUT2D eigenvalue weighted by Gasteiger charge is -2.20. The van der Waals surface area contributed by atoms with Gasteiger partial charge in [0.2, 0.25) is 0 Å². The van der Waals surface area contributed by atoms with Gasteiger partial charge in [-0.1, -0.05) is 6.07 Å². The fourth-order valence-corrected chi connectivity index (χ4v) is 4.21. The van der Waals surface area contributed by atoms with Crippen molar-refractivity contribution >= 4 is 11.5 Å². The first-order valence-electron chi connectivity index (χ1n) is 11.3. The van der Waals surface area contributed by atoms with E-state index in [0.717, 1.165) is 11.1 Å². The molecule has 11 heteroatoms. The van der Waals surface area contributed by atoms with Crippen LogP contribution in [0, 0.1) is 0 Å². The van der Waals surface area contributed by atoms with Gasteiger partial charge in [-0.2, -0.15) is 5.10 Å². The van der Waals surface area contributed by atoms with Gasteiger partial charge in [-0.05, 0) is 26.0 Å². The van der Waals surface area contributed by atoms with Crippen LogP contribution in [-0.4, -0.2) is 67.0 Å². The van der Waals surface area contributed by atoms with E-state index in [1.165, 1.54) is 0 Å². The molecule has 5 heterocycles. The number of fused-ring (bicyclic) bond motifs is 1. The van der Waals surface area contributed by atoms with Crippen LogP contribution in [0.15, 0.2) is 49.1 Å². The summed E-state index contributed by atoms with van der Waals surface area (Å²) < 4.78 is 37.3. The number of nitrogens with one attached hydrogen (secondary N) is 2. The summed E-state index contributed by atoms with van der Waals surface area (Å²) in [6.45, 7) is 3.60. The number of aliphatic hydroxyl groups is 1. The van der Waals surface area contributed by atoms with Gasteiger partial charge >= 0.3 is 0 Å². The number of hydrogen-bond acceptors (Lipinski definition) is 7. The van der Waals surface area contributed by atoms with E-state index in [9.17, 15) is 13.9 Å². The van der Waals surface area contributed by atoms with Crippen molar-refractivity contribution in [2.24, 2.45) is 0 Å². The lowest BCUT2D eigenvalue weighted by atomic mass is 10.1. The Bertz CT molecular complexity index is 1360. The second kappa shape index (κ2) is 8.58. The zero-order valence-corrected chi connectivity index (χ0v) is 19.7. The number of pyridine rings is 2. The zero-order chi connectivity index (χ0) is 24.8. The molecule has 0 bridgehead atoms. The molecule has 1 saturated heterocycles. The summed E-state index contributed by atoms with van der Waals surface area (Å²) in [5.74, 6) is -1.86. The monoisotopic (exact) mass is 483 g/mol. The summed E-state index contributed by atoms with van der Waals surface area (Å²) in [7, 11) is 1.59. The molecular formula is C24H27F2N7O2. The van der Waals surface area contributed by atoms with E-state index in [4.69, 9.17) is 4.74 Å². The molecule has 1 unspecified atom stereocenters. The van der Waals surface area contributed by atoms with Crippen LogP contribution in [0.3, 0.4) is 0 Å². The number of aromatic nitrogens is 5. The van der Waals surface area contributed by atoms with Crippen molar-refractivity contribution in [1.82, 2.24) is 29.5 Å². The Kier molecular flexibility index (Phi) is 5.68. The van der Waals surface area contributed by atoms with Crippen LogP contribution in [-0.2, 0) is 6.54 Å². The first-order valence-corrected chi connectivity index (χ1v) is 11.3. The highest BCUT2D eigenvalue weighted by Gasteiger charge is 2.44. The summed E-state index contributed by atoms with van der Waals surface area (Å²) in [6.07, 6.45) is 7.13. The van der Waals surface area contributed by atoms with Crippen molar-refractivity contribution < 1.29 is 18.6 Å². The highest BCUT2D eigenvalue weighted by Crippen LogP contribution is 2.33. The molecule has 35 heavy (non-hydrogen) atoms. The van der Waals surface area contributed by atoms with E-state index in [2.05, 4.69) is 25.7 Å². The van der Waals surface area contributed by atoms with Gasteiger partial charge in [-0.25, -0.2) is 18.7 Å². The second-order valence-corrected chi connectivity index (χ2v) is 9.36. The lowest BCUT2D eigenvalue weighted by Crippen LogP contribution is -2.38. The fraction of sp³-hybridized carbons (Fsp3) is 0.375. The number of halogens is 2. The largest absolute Gasteiger partial charge is 0.496 e. The number of rotatable bonds is 7. The summed E-state index contributed by atoms with van der Waals surface area (Å²) in [5, 5.41) is 20.0. The Balaban J connectivity index is 1.51. The average Bonchev–Trinajstić information content (AvgIpc) is 3.50. The van der Waals surface area contributed by atoms with Crippen molar-refractivity contribution in [3.8, 4) is 28.3 Å². The Morgan fingerprint density at radius 3 is 2.83 bits per heavy atom. The Labute approximate surface area is 200 Å². The molecule has 0 aliphatic carbocycles. The van der Waals surface area contributed by atoms with Crippen LogP contribution < -0.4 is 15.4 Å². The molecule has 1 fully saturated rings. The van der Waals surface area contributed by atoms with Gasteiger partial charge in [0.05, 0.1) is 49.6 Å². The number of imidazole rings is 1.